The zero-order valence-electron chi connectivity index (χ0n) is 8.90. The quantitative estimate of drug-likeness (QED) is 0.284. The van der Waals surface area contributed by atoms with Crippen molar-refractivity contribution in [3.8, 4) is 6.19 Å². The van der Waals surface area contributed by atoms with Crippen LogP contribution in [0.25, 0.3) is 4.85 Å². The molecule has 0 aliphatic rings. The molecule has 0 atom stereocenters. The highest BCUT2D eigenvalue weighted by molar-refractivity contribution is 8.13. The molecule has 0 saturated heterocycles. The Bertz CT molecular complexity index is 369. The summed E-state index contributed by atoms with van der Waals surface area (Å²) in [5, 5.41) is 14.0. The minimum atomic E-state index is 0.346. The molecule has 0 spiro atoms. The molecule has 16 heavy (non-hydrogen) atoms. The lowest BCUT2D eigenvalue weighted by Crippen LogP contribution is -2.11. The van der Waals surface area contributed by atoms with Crippen LogP contribution in [0.3, 0.4) is 0 Å². The largest absolute Gasteiger partial charge is 0.375 e. The molecule has 0 aromatic carbocycles. The van der Waals surface area contributed by atoms with Gasteiger partial charge in [0.15, 0.2) is 6.54 Å². The highest BCUT2D eigenvalue weighted by atomic mass is 32.2. The third-order valence-electron chi connectivity index (χ3n) is 1.54. The number of nitrogens with one attached hydrogen (secondary N) is 2. The minimum absolute atomic E-state index is 0.346. The van der Waals surface area contributed by atoms with Crippen molar-refractivity contribution >= 4 is 28.7 Å². The average molecular weight is 257 g/mol. The fourth-order valence-corrected chi connectivity index (χ4v) is 1.67. The van der Waals surface area contributed by atoms with E-state index in [-0.39, 0.29) is 0 Å². The van der Waals surface area contributed by atoms with Crippen LogP contribution in [0.15, 0.2) is 16.9 Å². The van der Waals surface area contributed by atoms with Crippen molar-refractivity contribution in [3.05, 3.63) is 22.9 Å². The molecule has 7 heteroatoms. The van der Waals surface area contributed by atoms with Gasteiger partial charge in [0, 0.05) is 17.6 Å². The van der Waals surface area contributed by atoms with E-state index in [2.05, 4.69) is 21.5 Å². The number of amidine groups is 1. The molecule has 0 saturated carbocycles. The van der Waals surface area contributed by atoms with Gasteiger partial charge in [-0.25, -0.2) is 0 Å². The van der Waals surface area contributed by atoms with Gasteiger partial charge in [0.05, 0.1) is 5.69 Å². The second kappa shape index (κ2) is 8.07. The molecule has 0 aliphatic heterocycles. The summed E-state index contributed by atoms with van der Waals surface area (Å²) in [4.78, 5) is 4.00. The summed E-state index contributed by atoms with van der Waals surface area (Å²) in [6.07, 6.45) is 6.01. The molecule has 0 amide bonds. The number of thioether (sulfide) groups is 2. The van der Waals surface area contributed by atoms with Gasteiger partial charge >= 0.3 is 6.19 Å². The van der Waals surface area contributed by atoms with E-state index in [4.69, 9.17) is 9.93 Å². The van der Waals surface area contributed by atoms with E-state index in [9.17, 15) is 0 Å². The lowest BCUT2D eigenvalue weighted by Gasteiger charge is -1.90. The summed E-state index contributed by atoms with van der Waals surface area (Å²) < 4.78 is 4.71. The predicted molar refractivity (Wildman–Crippen MR) is 69.2 cm³/mol. The second-order valence-corrected chi connectivity index (χ2v) is 4.62. The number of aromatic nitrogens is 1. The molecule has 0 radical (unpaired) electrons. The monoisotopic (exact) mass is 257 g/mol. The lowest BCUT2D eigenvalue weighted by atomic mass is 10.5. The van der Waals surface area contributed by atoms with E-state index in [0.29, 0.717) is 11.7 Å². The lowest BCUT2D eigenvalue weighted by molar-refractivity contribution is 0.414. The molecule has 1 rings (SSSR count). The van der Waals surface area contributed by atoms with Gasteiger partial charge < -0.3 is 4.52 Å². The maximum absolute atomic E-state index is 7.25. The number of nitrogens with zero attached hydrogens (tertiary/aromatic N) is 2. The zero-order chi connectivity index (χ0) is 11.6. The van der Waals surface area contributed by atoms with E-state index in [1.54, 1.807) is 18.0 Å². The van der Waals surface area contributed by atoms with Crippen molar-refractivity contribution in [3.63, 3.8) is 0 Å². The van der Waals surface area contributed by atoms with Gasteiger partial charge in [0.25, 0.3) is 5.17 Å². The Morgan fingerprint density at radius 3 is 3.31 bits per heavy atom. The van der Waals surface area contributed by atoms with Gasteiger partial charge in [-0.05, 0) is 6.26 Å². The van der Waals surface area contributed by atoms with Gasteiger partial charge in [-0.1, -0.05) is 16.9 Å². The third-order valence-corrected chi connectivity index (χ3v) is 3.02. The van der Waals surface area contributed by atoms with Crippen LogP contribution in [-0.4, -0.2) is 28.9 Å². The molecule has 86 valence electrons. The van der Waals surface area contributed by atoms with Crippen LogP contribution in [0.2, 0.25) is 0 Å². The Kier molecular flexibility index (Phi) is 6.53. The Labute approximate surface area is 103 Å². The van der Waals surface area contributed by atoms with E-state index >= 15 is 0 Å². The first kappa shape index (κ1) is 12.9. The molecule has 2 N–H and O–H groups in total. The minimum Gasteiger partial charge on any atom is -0.364 e. The van der Waals surface area contributed by atoms with Crippen LogP contribution in [0, 0.1) is 11.6 Å². The van der Waals surface area contributed by atoms with Crippen LogP contribution in [0.4, 0.5) is 0 Å². The molecule has 1 aromatic rings. The van der Waals surface area contributed by atoms with Crippen molar-refractivity contribution in [1.29, 1.82) is 5.41 Å². The summed E-state index contributed by atoms with van der Waals surface area (Å²) in [6, 6.07) is 1.85. The third kappa shape index (κ3) is 5.68. The molecule has 1 aromatic heterocycles. The summed E-state index contributed by atoms with van der Waals surface area (Å²) in [7, 11) is 0. The summed E-state index contributed by atoms with van der Waals surface area (Å²) >= 11 is 3.05. The molecular formula is C9H13N4OS2+. The Balaban J connectivity index is 2.01. The van der Waals surface area contributed by atoms with Crippen molar-refractivity contribution in [2.24, 2.45) is 0 Å². The first-order valence-corrected chi connectivity index (χ1v) is 6.98. The Morgan fingerprint density at radius 2 is 2.62 bits per heavy atom. The summed E-state index contributed by atoms with van der Waals surface area (Å²) in [5.41, 5.74) is 0.945. The highest BCUT2D eigenvalue weighted by Crippen LogP contribution is 2.09. The van der Waals surface area contributed by atoms with Crippen molar-refractivity contribution in [1.82, 2.24) is 10.5 Å². The Morgan fingerprint density at radius 1 is 1.75 bits per heavy atom. The van der Waals surface area contributed by atoms with Crippen LogP contribution in [0.5, 0.6) is 0 Å². The number of rotatable bonds is 4. The first-order chi connectivity index (χ1) is 7.83. The van der Waals surface area contributed by atoms with Crippen LogP contribution in [0.1, 0.15) is 5.69 Å². The van der Waals surface area contributed by atoms with E-state index in [1.165, 1.54) is 11.8 Å². The topological polar surface area (TPSA) is 66.3 Å². The molecule has 0 bridgehead atoms. The fraction of sp³-hybridized carbons (Fsp3) is 0.444. The SMILES string of the molecule is CSC(=N)NC#[N+]CCSCc1ccon1. The van der Waals surface area contributed by atoms with Crippen molar-refractivity contribution in [2.45, 2.75) is 5.75 Å². The maximum atomic E-state index is 7.25. The van der Waals surface area contributed by atoms with E-state index < -0.39 is 0 Å². The molecule has 1 heterocycles. The Hall–Kier alpha value is -1.13. The molecule has 0 fully saturated rings. The zero-order valence-corrected chi connectivity index (χ0v) is 10.5. The molecular weight excluding hydrogens is 244 g/mol. The first-order valence-electron chi connectivity index (χ1n) is 4.60. The van der Waals surface area contributed by atoms with Crippen LogP contribution < -0.4 is 5.32 Å². The summed E-state index contributed by atoms with van der Waals surface area (Å²) in [5.74, 6) is 1.73. The highest BCUT2D eigenvalue weighted by Gasteiger charge is 1.98. The second-order valence-electron chi connectivity index (χ2n) is 2.70. The summed E-state index contributed by atoms with van der Waals surface area (Å²) in [6.45, 7) is 0.678. The van der Waals surface area contributed by atoms with Gasteiger partial charge in [-0.2, -0.15) is 10.2 Å². The number of hydrogen-bond donors (Lipinski definition) is 2. The molecule has 0 aliphatic carbocycles. The number of hydrogen-bond acceptors (Lipinski definition) is 5. The maximum Gasteiger partial charge on any atom is 0.375 e. The predicted octanol–water partition coefficient (Wildman–Crippen LogP) is 2.09. The smallest absolute Gasteiger partial charge is 0.364 e. The molecule has 0 unspecified atom stereocenters. The van der Waals surface area contributed by atoms with E-state index in [0.717, 1.165) is 17.2 Å². The fourth-order valence-electron chi connectivity index (χ4n) is 0.796. The average Bonchev–Trinajstić information content (AvgIpc) is 2.80. The van der Waals surface area contributed by atoms with Crippen molar-refractivity contribution in [2.75, 3.05) is 18.6 Å². The van der Waals surface area contributed by atoms with Crippen LogP contribution >= 0.6 is 23.5 Å². The van der Waals surface area contributed by atoms with Gasteiger partial charge in [-0.15, -0.1) is 11.8 Å². The van der Waals surface area contributed by atoms with Crippen molar-refractivity contribution < 1.29 is 4.52 Å². The normalized spacial score (nSPS) is 9.31. The van der Waals surface area contributed by atoms with Gasteiger partial charge in [0.2, 0.25) is 0 Å². The van der Waals surface area contributed by atoms with E-state index in [1.807, 2.05) is 12.3 Å². The van der Waals surface area contributed by atoms with Gasteiger partial charge in [0.1, 0.15) is 6.26 Å². The van der Waals surface area contributed by atoms with Crippen LogP contribution in [-0.2, 0) is 5.75 Å². The standard InChI is InChI=1S/C9H12N4OS2/c1-15-9(10)12-7-11-3-5-16-6-8-2-4-14-13-8/h2,4,10H,3,5-6H2,1H3/p+1. The molecule has 5 nitrogen and oxygen atoms in total. The van der Waals surface area contributed by atoms with Gasteiger partial charge in [-0.3, -0.25) is 5.41 Å².